The van der Waals surface area contributed by atoms with Gasteiger partial charge in [-0.1, -0.05) is 18.2 Å². The maximum atomic E-state index is 12.6. The van der Waals surface area contributed by atoms with Crippen molar-refractivity contribution in [1.29, 1.82) is 0 Å². The maximum absolute atomic E-state index is 12.6. The first kappa shape index (κ1) is 19.3. The number of hydrogen-bond acceptors (Lipinski definition) is 3. The lowest BCUT2D eigenvalue weighted by Gasteiger charge is -2.14. The number of benzene rings is 1. The molecule has 3 atom stereocenters. The summed E-state index contributed by atoms with van der Waals surface area (Å²) in [7, 11) is 0. The standard InChI is InChI=1S/C21H20F3N3O2/c1-12(17-7-6-14(10-25-17)29-11-21(22,23)24)26-20(28)16-9-15(16)19-8-13-4-2-3-5-18(13)27-19/h2-8,10,12,15-16,27H,9,11H2,1H3,(H,26,28)/t12-,15?,16?/m1/s1. The summed E-state index contributed by atoms with van der Waals surface area (Å²) in [6.07, 6.45) is -2.39. The molecule has 2 unspecified atom stereocenters. The van der Waals surface area contributed by atoms with Crippen LogP contribution in [0, 0.1) is 5.92 Å². The number of para-hydroxylation sites is 1. The SMILES string of the molecule is C[C@@H](NC(=O)C1CC1c1cc2ccccc2[nH]1)c1ccc(OCC(F)(F)F)cn1. The molecule has 1 amide bonds. The molecule has 2 aromatic heterocycles. The van der Waals surface area contributed by atoms with Crippen LogP contribution in [-0.4, -0.2) is 28.7 Å². The quantitative estimate of drug-likeness (QED) is 0.638. The lowest BCUT2D eigenvalue weighted by molar-refractivity contribution is -0.153. The van der Waals surface area contributed by atoms with Crippen LogP contribution in [0.15, 0.2) is 48.7 Å². The Hall–Kier alpha value is -3.03. The van der Waals surface area contributed by atoms with Gasteiger partial charge < -0.3 is 15.0 Å². The largest absolute Gasteiger partial charge is 0.483 e. The number of ether oxygens (including phenoxy) is 1. The summed E-state index contributed by atoms with van der Waals surface area (Å²) in [5.74, 6) is 0.0478. The van der Waals surface area contributed by atoms with Crippen molar-refractivity contribution in [1.82, 2.24) is 15.3 Å². The number of hydrogen-bond donors (Lipinski definition) is 2. The molecule has 0 aliphatic heterocycles. The van der Waals surface area contributed by atoms with Crippen LogP contribution in [0.4, 0.5) is 13.2 Å². The van der Waals surface area contributed by atoms with Gasteiger partial charge in [0.25, 0.3) is 0 Å². The van der Waals surface area contributed by atoms with Crippen LogP contribution >= 0.6 is 0 Å². The molecule has 1 fully saturated rings. The zero-order chi connectivity index (χ0) is 20.6. The lowest BCUT2D eigenvalue weighted by atomic mass is 10.1. The summed E-state index contributed by atoms with van der Waals surface area (Å²) in [6, 6.07) is 12.7. The highest BCUT2D eigenvalue weighted by atomic mass is 19.4. The van der Waals surface area contributed by atoms with E-state index in [9.17, 15) is 18.0 Å². The molecule has 29 heavy (non-hydrogen) atoms. The van der Waals surface area contributed by atoms with Crippen LogP contribution in [0.2, 0.25) is 0 Å². The van der Waals surface area contributed by atoms with Crippen molar-refractivity contribution in [3.63, 3.8) is 0 Å². The molecule has 0 bridgehead atoms. The van der Waals surface area contributed by atoms with Crippen LogP contribution in [0.1, 0.15) is 36.7 Å². The summed E-state index contributed by atoms with van der Waals surface area (Å²) in [5, 5.41) is 4.06. The molecule has 5 nitrogen and oxygen atoms in total. The molecule has 0 saturated heterocycles. The van der Waals surface area contributed by atoms with Crippen LogP contribution < -0.4 is 10.1 Å². The van der Waals surface area contributed by atoms with Crippen molar-refractivity contribution in [2.45, 2.75) is 31.5 Å². The number of carbonyl (C=O) groups is 1. The lowest BCUT2D eigenvalue weighted by Crippen LogP contribution is -2.29. The van der Waals surface area contributed by atoms with Crippen molar-refractivity contribution in [2.75, 3.05) is 6.61 Å². The van der Waals surface area contributed by atoms with Crippen LogP contribution in [0.25, 0.3) is 10.9 Å². The number of aromatic amines is 1. The van der Waals surface area contributed by atoms with Crippen molar-refractivity contribution in [3.8, 4) is 5.75 Å². The first-order valence-electron chi connectivity index (χ1n) is 9.34. The van der Waals surface area contributed by atoms with E-state index in [1.54, 1.807) is 13.0 Å². The van der Waals surface area contributed by atoms with E-state index in [4.69, 9.17) is 0 Å². The molecule has 8 heteroatoms. The van der Waals surface area contributed by atoms with E-state index in [2.05, 4.69) is 26.1 Å². The summed E-state index contributed by atoms with van der Waals surface area (Å²) in [5.41, 5.74) is 2.67. The number of H-pyrrole nitrogens is 1. The Balaban J connectivity index is 1.33. The molecule has 0 spiro atoms. The average Bonchev–Trinajstić information content (AvgIpc) is 3.38. The molecule has 0 radical (unpaired) electrons. The van der Waals surface area contributed by atoms with E-state index in [-0.39, 0.29) is 29.5 Å². The minimum absolute atomic E-state index is 0.0330. The topological polar surface area (TPSA) is 67.0 Å². The molecular formula is C21H20F3N3O2. The minimum Gasteiger partial charge on any atom is -0.483 e. The second-order valence-electron chi connectivity index (χ2n) is 7.31. The molecule has 1 aliphatic carbocycles. The second kappa shape index (κ2) is 7.42. The Morgan fingerprint density at radius 2 is 2.10 bits per heavy atom. The van der Waals surface area contributed by atoms with E-state index < -0.39 is 12.8 Å². The Kier molecular flexibility index (Phi) is 4.94. The van der Waals surface area contributed by atoms with Gasteiger partial charge in [0.1, 0.15) is 5.75 Å². The highest BCUT2D eigenvalue weighted by Gasteiger charge is 2.45. The fraction of sp³-hybridized carbons (Fsp3) is 0.333. The van der Waals surface area contributed by atoms with E-state index in [0.29, 0.717) is 5.69 Å². The number of halogens is 3. The van der Waals surface area contributed by atoms with Gasteiger partial charge in [-0.15, -0.1) is 0 Å². The number of amides is 1. The molecule has 2 heterocycles. The van der Waals surface area contributed by atoms with Gasteiger partial charge in [-0.2, -0.15) is 13.2 Å². The minimum atomic E-state index is -4.40. The normalized spacial score (nSPS) is 19.7. The first-order chi connectivity index (χ1) is 13.8. The smallest absolute Gasteiger partial charge is 0.422 e. The number of carbonyl (C=O) groups excluding carboxylic acids is 1. The average molecular weight is 403 g/mol. The molecule has 152 valence electrons. The van der Waals surface area contributed by atoms with Crippen LogP contribution in [0.5, 0.6) is 5.75 Å². The van der Waals surface area contributed by atoms with Gasteiger partial charge in [-0.25, -0.2) is 0 Å². The second-order valence-corrected chi connectivity index (χ2v) is 7.31. The van der Waals surface area contributed by atoms with Crippen molar-refractivity contribution < 1.29 is 22.7 Å². The number of nitrogens with zero attached hydrogens (tertiary/aromatic N) is 1. The van der Waals surface area contributed by atoms with Gasteiger partial charge in [-0.05, 0) is 43.0 Å². The van der Waals surface area contributed by atoms with Crippen molar-refractivity contribution >= 4 is 16.8 Å². The fourth-order valence-corrected chi connectivity index (χ4v) is 3.42. The molecule has 1 aromatic carbocycles. The summed E-state index contributed by atoms with van der Waals surface area (Å²) >= 11 is 0. The Morgan fingerprint density at radius 3 is 2.79 bits per heavy atom. The molecule has 4 rings (SSSR count). The molecule has 1 aliphatic rings. The van der Waals surface area contributed by atoms with E-state index >= 15 is 0 Å². The highest BCUT2D eigenvalue weighted by Crippen LogP contribution is 2.48. The third-order valence-electron chi connectivity index (χ3n) is 5.04. The Labute approximate surface area is 165 Å². The van der Waals surface area contributed by atoms with Crippen LogP contribution in [-0.2, 0) is 4.79 Å². The number of pyridine rings is 1. The van der Waals surface area contributed by atoms with Gasteiger partial charge >= 0.3 is 6.18 Å². The molecular weight excluding hydrogens is 383 g/mol. The zero-order valence-electron chi connectivity index (χ0n) is 15.7. The van der Waals surface area contributed by atoms with Gasteiger partial charge in [0.15, 0.2) is 6.61 Å². The fourth-order valence-electron chi connectivity index (χ4n) is 3.42. The number of fused-ring (bicyclic) bond motifs is 1. The number of rotatable bonds is 6. The maximum Gasteiger partial charge on any atom is 0.422 e. The summed E-state index contributed by atoms with van der Waals surface area (Å²) < 4.78 is 41.2. The van der Waals surface area contributed by atoms with Crippen molar-refractivity contribution in [3.05, 3.63) is 60.0 Å². The molecule has 2 N–H and O–H groups in total. The molecule has 1 saturated carbocycles. The van der Waals surface area contributed by atoms with Gasteiger partial charge in [-0.3, -0.25) is 9.78 Å². The van der Waals surface area contributed by atoms with Crippen molar-refractivity contribution in [2.24, 2.45) is 5.92 Å². The highest BCUT2D eigenvalue weighted by molar-refractivity contribution is 5.85. The van der Waals surface area contributed by atoms with E-state index in [1.807, 2.05) is 24.3 Å². The zero-order valence-corrected chi connectivity index (χ0v) is 15.7. The number of alkyl halides is 3. The monoisotopic (exact) mass is 403 g/mol. The van der Waals surface area contributed by atoms with Crippen LogP contribution in [0.3, 0.4) is 0 Å². The third kappa shape index (κ3) is 4.52. The third-order valence-corrected chi connectivity index (χ3v) is 5.04. The Bertz CT molecular complexity index is 981. The van der Waals surface area contributed by atoms with E-state index in [1.165, 1.54) is 12.3 Å². The number of aromatic nitrogens is 2. The van der Waals surface area contributed by atoms with E-state index in [0.717, 1.165) is 23.0 Å². The Morgan fingerprint density at radius 1 is 1.31 bits per heavy atom. The predicted molar refractivity (Wildman–Crippen MR) is 101 cm³/mol. The van der Waals surface area contributed by atoms with Gasteiger partial charge in [0.05, 0.1) is 17.9 Å². The number of nitrogens with one attached hydrogen (secondary N) is 2. The predicted octanol–water partition coefficient (Wildman–Crippen LogP) is 4.48. The molecule has 3 aromatic rings. The summed E-state index contributed by atoms with van der Waals surface area (Å²) in [6.45, 7) is 0.425. The van der Waals surface area contributed by atoms with Gasteiger partial charge in [0.2, 0.25) is 5.91 Å². The summed E-state index contributed by atoms with van der Waals surface area (Å²) in [4.78, 5) is 20.0. The van der Waals surface area contributed by atoms with Gasteiger partial charge in [0, 0.05) is 23.0 Å². The first-order valence-corrected chi connectivity index (χ1v) is 9.34.